The van der Waals surface area contributed by atoms with Crippen LogP contribution in [0.5, 0.6) is 0 Å². The normalized spacial score (nSPS) is 53.2. The van der Waals surface area contributed by atoms with E-state index in [0.717, 1.165) is 56.1 Å². The van der Waals surface area contributed by atoms with E-state index < -0.39 is 11.9 Å². The Hall–Kier alpha value is -1.25. The fourth-order valence-electron chi connectivity index (χ4n) is 11.3. The van der Waals surface area contributed by atoms with Crippen LogP contribution >= 0.6 is 0 Å². The molecule has 2 unspecified atom stereocenters. The van der Waals surface area contributed by atoms with E-state index >= 15 is 0 Å². The molecule has 0 aromatic heterocycles. The molecule has 0 amide bonds. The molecule has 19 atom stereocenters. The van der Waals surface area contributed by atoms with Crippen molar-refractivity contribution in [3.63, 3.8) is 0 Å². The van der Waals surface area contributed by atoms with Gasteiger partial charge in [-0.1, -0.05) is 27.0 Å². The van der Waals surface area contributed by atoms with E-state index in [9.17, 15) is 15.0 Å². The van der Waals surface area contributed by atoms with Gasteiger partial charge in [-0.2, -0.15) is 0 Å². The number of carbonyl (C=O) groups is 1. The Morgan fingerprint density at radius 2 is 1.49 bits per heavy atom. The number of aliphatic hydroxyl groups is 2. The summed E-state index contributed by atoms with van der Waals surface area (Å²) in [6.45, 7) is 12.9. The molecule has 0 saturated carbocycles. The van der Waals surface area contributed by atoms with Crippen LogP contribution in [-0.4, -0.2) is 120 Å². The summed E-state index contributed by atoms with van der Waals surface area (Å²) in [6.07, 6.45) is 5.65. The summed E-state index contributed by atoms with van der Waals surface area (Å²) in [7, 11) is 0. The number of carbonyl (C=O) groups excluding carboxylic acids is 1. The van der Waals surface area contributed by atoms with Crippen molar-refractivity contribution in [2.45, 2.75) is 195 Å². The van der Waals surface area contributed by atoms with Gasteiger partial charge in [-0.25, -0.2) is 0 Å². The fourth-order valence-corrected chi connectivity index (χ4v) is 11.3. The molecule has 11 nitrogen and oxygen atoms in total. The van der Waals surface area contributed by atoms with Crippen molar-refractivity contribution in [1.82, 2.24) is 0 Å². The van der Waals surface area contributed by atoms with Crippen molar-refractivity contribution in [2.75, 3.05) is 6.61 Å². The van der Waals surface area contributed by atoms with Gasteiger partial charge in [0.2, 0.25) is 0 Å². The summed E-state index contributed by atoms with van der Waals surface area (Å²) in [6, 6.07) is 0. The monoisotopic (exact) mass is 714 g/mol. The van der Waals surface area contributed by atoms with Gasteiger partial charge < -0.3 is 48.1 Å². The highest BCUT2D eigenvalue weighted by atomic mass is 16.8. The van der Waals surface area contributed by atoms with E-state index in [2.05, 4.69) is 27.0 Å². The van der Waals surface area contributed by atoms with Crippen LogP contribution in [0.3, 0.4) is 0 Å². The molecule has 10 saturated heterocycles. The van der Waals surface area contributed by atoms with Crippen LogP contribution < -0.4 is 0 Å². The topological polar surface area (TPSA) is 131 Å². The van der Waals surface area contributed by atoms with Gasteiger partial charge in [0, 0.05) is 38.5 Å². The summed E-state index contributed by atoms with van der Waals surface area (Å²) in [5.41, 5.74) is 2.22. The van der Waals surface area contributed by atoms with Crippen molar-refractivity contribution in [3.8, 4) is 0 Å². The standard InChI is InChI=1S/C40H58O11/c1-19-11-25-5-7-29-20(2)12-27(44-29)9-10-40-17-34-36(50-40)37-38(49-34)39(51-40)35-30(48-37)8-6-26(46-35)13-23(42)14-28-22(4)31(15-24(43)18-41)47-33(28)16-32(45-25)21(19)3/h19,22,24-39,41,43H,2-3,5-18H2,1,4H3/t19-,22-,24+,25+,26-,27+,28-,29+,30+,31-,32-,33+,34-,35+,36+,37+,38?,39?,40+/m1/s1. The molecule has 1 spiro atoms. The van der Waals surface area contributed by atoms with Gasteiger partial charge in [0.05, 0.1) is 67.6 Å². The van der Waals surface area contributed by atoms with Crippen LogP contribution in [0.1, 0.15) is 97.3 Å². The minimum atomic E-state index is -0.872. The van der Waals surface area contributed by atoms with Crippen LogP contribution in [0.4, 0.5) is 0 Å². The third kappa shape index (κ3) is 6.53. The highest BCUT2D eigenvalue weighted by Crippen LogP contribution is 2.54. The molecule has 2 N–H and O–H groups in total. The van der Waals surface area contributed by atoms with E-state index in [4.69, 9.17) is 37.9 Å². The van der Waals surface area contributed by atoms with Crippen LogP contribution in [0, 0.1) is 17.8 Å². The lowest BCUT2D eigenvalue weighted by Crippen LogP contribution is -2.61. The van der Waals surface area contributed by atoms with Crippen LogP contribution in [-0.2, 0) is 42.7 Å². The third-order valence-corrected chi connectivity index (χ3v) is 14.1. The van der Waals surface area contributed by atoms with Crippen molar-refractivity contribution < 1.29 is 52.9 Å². The number of aliphatic hydroxyl groups excluding tert-OH is 2. The Morgan fingerprint density at radius 3 is 2.33 bits per heavy atom. The molecule has 0 aromatic carbocycles. The highest BCUT2D eigenvalue weighted by molar-refractivity contribution is 5.79. The molecule has 51 heavy (non-hydrogen) atoms. The Kier molecular flexibility index (Phi) is 9.59. The van der Waals surface area contributed by atoms with E-state index in [1.165, 1.54) is 0 Å². The molecule has 10 heterocycles. The van der Waals surface area contributed by atoms with Gasteiger partial charge in [-0.05, 0) is 73.8 Å². The summed E-state index contributed by atoms with van der Waals surface area (Å²) >= 11 is 0. The minimum absolute atomic E-state index is 0.00894. The van der Waals surface area contributed by atoms with E-state index in [-0.39, 0.29) is 110 Å². The Bertz CT molecular complexity index is 1360. The smallest absolute Gasteiger partial charge is 0.172 e. The third-order valence-electron chi connectivity index (χ3n) is 14.1. The molecular weight excluding hydrogens is 656 g/mol. The minimum Gasteiger partial charge on any atom is -0.394 e. The Balaban J connectivity index is 0.986. The number of hydrogen-bond acceptors (Lipinski definition) is 11. The molecule has 0 radical (unpaired) electrons. The van der Waals surface area contributed by atoms with Crippen molar-refractivity contribution in [1.29, 1.82) is 0 Å². The van der Waals surface area contributed by atoms with E-state index in [1.54, 1.807) is 0 Å². The Labute approximate surface area is 301 Å². The highest BCUT2D eigenvalue weighted by Gasteiger charge is 2.68. The second-order valence-corrected chi connectivity index (χ2v) is 17.5. The van der Waals surface area contributed by atoms with Gasteiger partial charge in [-0.15, -0.1) is 0 Å². The van der Waals surface area contributed by atoms with Crippen molar-refractivity contribution in [2.24, 2.45) is 17.8 Å². The van der Waals surface area contributed by atoms with Gasteiger partial charge >= 0.3 is 0 Å². The van der Waals surface area contributed by atoms with Crippen molar-refractivity contribution in [3.05, 3.63) is 24.3 Å². The lowest BCUT2D eigenvalue weighted by Gasteiger charge is -2.47. The first kappa shape index (κ1) is 35.5. The lowest BCUT2D eigenvalue weighted by molar-refractivity contribution is -0.292. The van der Waals surface area contributed by atoms with Gasteiger partial charge in [0.25, 0.3) is 0 Å². The van der Waals surface area contributed by atoms with Crippen molar-refractivity contribution >= 4 is 5.78 Å². The molecule has 0 aromatic rings. The number of hydrogen-bond donors (Lipinski definition) is 2. The van der Waals surface area contributed by atoms with Gasteiger partial charge in [-0.3, -0.25) is 4.79 Å². The van der Waals surface area contributed by atoms with Crippen LogP contribution in [0.25, 0.3) is 0 Å². The average Bonchev–Trinajstić information content (AvgIpc) is 3.77. The number of ether oxygens (including phenoxy) is 8. The number of ketones is 1. The number of Topliss-reactive ketones (excluding diaryl/α,β-unsaturated/α-hetero) is 1. The van der Waals surface area contributed by atoms with Gasteiger partial charge in [0.1, 0.15) is 36.3 Å². The fraction of sp³-hybridized carbons (Fsp3) is 0.875. The van der Waals surface area contributed by atoms with Crippen LogP contribution in [0.2, 0.25) is 0 Å². The first-order valence-corrected chi connectivity index (χ1v) is 20.0. The second-order valence-electron chi connectivity index (χ2n) is 17.5. The maximum atomic E-state index is 14.0. The first-order valence-electron chi connectivity index (χ1n) is 20.0. The number of fused-ring (bicyclic) bond motifs is 6. The zero-order valence-corrected chi connectivity index (χ0v) is 30.3. The quantitative estimate of drug-likeness (QED) is 0.410. The summed E-state index contributed by atoms with van der Waals surface area (Å²) in [5.74, 6) is -0.367. The zero-order valence-electron chi connectivity index (χ0n) is 30.3. The largest absolute Gasteiger partial charge is 0.394 e. The SMILES string of the molecule is C=C1C[C@@H]2CC[C@@]34C[C@H]5OC6C(O3)[C@H]3O[C@H](CC[C@@H]3O[C@H]6[C@H]5O4)CC(=O)C[C@@H]3[C@@H](C)[C@@H](C[C@H](O)CO)O[C@H]3C[C@H]3O[C@@H](CC[C@@H]1O2)C[C@@H](C)C3=C. The zero-order chi connectivity index (χ0) is 35.2. The van der Waals surface area contributed by atoms with E-state index in [1.807, 2.05) is 0 Å². The second kappa shape index (κ2) is 13.8. The molecule has 11 heteroatoms. The number of rotatable bonds is 3. The molecule has 12 bridgehead atoms. The molecule has 10 rings (SSSR count). The predicted molar refractivity (Wildman–Crippen MR) is 183 cm³/mol. The maximum Gasteiger partial charge on any atom is 0.172 e. The molecular formula is C40H58O11. The maximum absolute atomic E-state index is 14.0. The molecule has 284 valence electrons. The summed E-state index contributed by atoms with van der Waals surface area (Å²) < 4.78 is 53.9. The summed E-state index contributed by atoms with van der Waals surface area (Å²) in [4.78, 5) is 14.0. The predicted octanol–water partition coefficient (Wildman–Crippen LogP) is 4.09. The van der Waals surface area contributed by atoms with E-state index in [0.29, 0.717) is 44.4 Å². The molecule has 10 fully saturated rings. The molecule has 10 aliphatic heterocycles. The first-order chi connectivity index (χ1) is 24.6. The molecule has 0 aliphatic carbocycles. The lowest BCUT2D eigenvalue weighted by atomic mass is 9.79. The molecule has 10 aliphatic rings. The average molecular weight is 715 g/mol. The summed E-state index contributed by atoms with van der Waals surface area (Å²) in [5, 5.41) is 20.0. The van der Waals surface area contributed by atoms with Crippen LogP contribution in [0.15, 0.2) is 24.3 Å². The van der Waals surface area contributed by atoms with Gasteiger partial charge in [0.15, 0.2) is 5.79 Å². The Morgan fingerprint density at radius 1 is 0.745 bits per heavy atom.